The van der Waals surface area contributed by atoms with Crippen LogP contribution < -0.4 is 5.32 Å². The smallest absolute Gasteiger partial charge is 0.222 e. The number of rotatable bonds is 5. The number of hydrogen-bond donors (Lipinski definition) is 1. The lowest BCUT2D eigenvalue weighted by atomic mass is 9.86. The number of carbonyl (C=O) groups excluding carboxylic acids is 1. The fourth-order valence-corrected chi connectivity index (χ4v) is 3.45. The summed E-state index contributed by atoms with van der Waals surface area (Å²) >= 11 is 0. The summed E-state index contributed by atoms with van der Waals surface area (Å²) in [4.78, 5) is 14.4. The molecule has 0 aromatic heterocycles. The van der Waals surface area contributed by atoms with Crippen molar-refractivity contribution >= 4 is 5.91 Å². The third-order valence-electron chi connectivity index (χ3n) is 4.72. The van der Waals surface area contributed by atoms with Crippen molar-refractivity contribution in [2.45, 2.75) is 70.8 Å². The molecule has 1 heterocycles. The van der Waals surface area contributed by atoms with Gasteiger partial charge in [0.1, 0.15) is 0 Å². The molecule has 0 bridgehead atoms. The van der Waals surface area contributed by atoms with E-state index in [0.29, 0.717) is 17.9 Å². The van der Waals surface area contributed by atoms with E-state index in [0.717, 1.165) is 38.9 Å². The van der Waals surface area contributed by atoms with Crippen LogP contribution in [0.15, 0.2) is 0 Å². The number of hydrogen-bond acceptors (Lipinski definition) is 2. The first-order chi connectivity index (χ1) is 9.29. The van der Waals surface area contributed by atoms with Crippen LogP contribution >= 0.6 is 0 Å². The van der Waals surface area contributed by atoms with E-state index in [9.17, 15) is 4.79 Å². The lowest BCUT2D eigenvalue weighted by Gasteiger charge is -2.33. The highest BCUT2D eigenvalue weighted by Gasteiger charge is 2.25. The summed E-state index contributed by atoms with van der Waals surface area (Å²) in [5, 5.41) is 3.57. The normalized spacial score (nSPS) is 22.7. The maximum Gasteiger partial charge on any atom is 0.222 e. The monoisotopic (exact) mass is 266 g/mol. The summed E-state index contributed by atoms with van der Waals surface area (Å²) in [7, 11) is 0. The molecule has 3 nitrogen and oxygen atoms in total. The van der Waals surface area contributed by atoms with Gasteiger partial charge in [-0.1, -0.05) is 26.2 Å². The molecule has 0 spiro atoms. The Bertz CT molecular complexity index is 266. The second-order valence-electron chi connectivity index (χ2n) is 6.32. The summed E-state index contributed by atoms with van der Waals surface area (Å²) in [5.41, 5.74) is 0. The third kappa shape index (κ3) is 4.79. The molecule has 19 heavy (non-hydrogen) atoms. The predicted octanol–water partition coefficient (Wildman–Crippen LogP) is 2.95. The van der Waals surface area contributed by atoms with Gasteiger partial charge in [0.15, 0.2) is 0 Å². The minimum absolute atomic E-state index is 0.417. The summed E-state index contributed by atoms with van der Waals surface area (Å²) in [5.74, 6) is 1.10. The van der Waals surface area contributed by atoms with Crippen LogP contribution in [0.4, 0.5) is 0 Å². The average Bonchev–Trinajstić information content (AvgIpc) is 2.46. The molecule has 0 aromatic carbocycles. The van der Waals surface area contributed by atoms with Crippen molar-refractivity contribution in [2.75, 3.05) is 19.6 Å². The molecular weight excluding hydrogens is 236 g/mol. The third-order valence-corrected chi connectivity index (χ3v) is 4.72. The maximum absolute atomic E-state index is 12.3. The van der Waals surface area contributed by atoms with Crippen molar-refractivity contribution < 1.29 is 4.79 Å². The van der Waals surface area contributed by atoms with Gasteiger partial charge in [0.25, 0.3) is 0 Å². The van der Waals surface area contributed by atoms with Crippen molar-refractivity contribution in [2.24, 2.45) is 5.92 Å². The van der Waals surface area contributed by atoms with Gasteiger partial charge < -0.3 is 10.2 Å². The van der Waals surface area contributed by atoms with Crippen LogP contribution in [0, 0.1) is 5.92 Å². The van der Waals surface area contributed by atoms with E-state index in [1.165, 1.54) is 38.5 Å². The van der Waals surface area contributed by atoms with E-state index >= 15 is 0 Å². The number of piperidine rings is 1. The molecule has 0 unspecified atom stereocenters. The molecule has 0 radical (unpaired) electrons. The Morgan fingerprint density at radius 2 is 1.79 bits per heavy atom. The van der Waals surface area contributed by atoms with Crippen LogP contribution in [0.5, 0.6) is 0 Å². The van der Waals surface area contributed by atoms with Crippen LogP contribution in [0.1, 0.15) is 64.7 Å². The molecule has 1 saturated heterocycles. The Morgan fingerprint density at radius 3 is 2.42 bits per heavy atom. The van der Waals surface area contributed by atoms with E-state index < -0.39 is 0 Å². The van der Waals surface area contributed by atoms with Crippen molar-refractivity contribution in [3.63, 3.8) is 0 Å². The Morgan fingerprint density at radius 1 is 1.11 bits per heavy atom. The first kappa shape index (κ1) is 14.8. The Hall–Kier alpha value is -0.570. The van der Waals surface area contributed by atoms with Gasteiger partial charge in [-0.05, 0) is 44.6 Å². The molecule has 0 atom stereocenters. The zero-order valence-corrected chi connectivity index (χ0v) is 12.5. The van der Waals surface area contributed by atoms with E-state index in [1.54, 1.807) is 0 Å². The molecule has 1 amide bonds. The van der Waals surface area contributed by atoms with E-state index in [-0.39, 0.29) is 0 Å². The van der Waals surface area contributed by atoms with Crippen LogP contribution in [-0.4, -0.2) is 36.5 Å². The number of nitrogens with zero attached hydrogens (tertiary/aromatic N) is 1. The number of nitrogens with one attached hydrogen (secondary N) is 1. The van der Waals surface area contributed by atoms with Gasteiger partial charge in [-0.3, -0.25) is 4.79 Å². The fraction of sp³-hybridized carbons (Fsp3) is 0.938. The molecule has 1 N–H and O–H groups in total. The van der Waals surface area contributed by atoms with Gasteiger partial charge in [-0.25, -0.2) is 0 Å². The standard InChI is InChI=1S/C16H30N2O/c1-2-10-17-15-8-11-18(12-9-15)16(19)13-14-6-4-3-5-7-14/h14-15,17H,2-13H2,1H3. The second-order valence-corrected chi connectivity index (χ2v) is 6.32. The highest BCUT2D eigenvalue weighted by atomic mass is 16.2. The number of likely N-dealkylation sites (tertiary alicyclic amines) is 1. The summed E-state index contributed by atoms with van der Waals surface area (Å²) in [6.45, 7) is 5.25. The van der Waals surface area contributed by atoms with E-state index in [2.05, 4.69) is 17.1 Å². The van der Waals surface area contributed by atoms with Crippen LogP contribution in [0.3, 0.4) is 0 Å². The highest BCUT2D eigenvalue weighted by molar-refractivity contribution is 5.76. The summed E-state index contributed by atoms with van der Waals surface area (Å²) in [6.07, 6.45) is 10.9. The summed E-state index contributed by atoms with van der Waals surface area (Å²) in [6, 6.07) is 0.638. The molecule has 2 rings (SSSR count). The van der Waals surface area contributed by atoms with Crippen molar-refractivity contribution in [3.05, 3.63) is 0 Å². The van der Waals surface area contributed by atoms with Crippen molar-refractivity contribution in [1.29, 1.82) is 0 Å². The van der Waals surface area contributed by atoms with Crippen LogP contribution in [0.25, 0.3) is 0 Å². The molecular formula is C16H30N2O. The number of amides is 1. The maximum atomic E-state index is 12.3. The minimum atomic E-state index is 0.417. The first-order valence-corrected chi connectivity index (χ1v) is 8.30. The van der Waals surface area contributed by atoms with Crippen molar-refractivity contribution in [3.8, 4) is 0 Å². The highest BCUT2D eigenvalue weighted by Crippen LogP contribution is 2.27. The number of carbonyl (C=O) groups is 1. The first-order valence-electron chi connectivity index (χ1n) is 8.30. The average molecular weight is 266 g/mol. The Kier molecular flexibility index (Phi) is 6.15. The Balaban J connectivity index is 1.67. The van der Waals surface area contributed by atoms with Crippen molar-refractivity contribution in [1.82, 2.24) is 10.2 Å². The molecule has 3 heteroatoms. The van der Waals surface area contributed by atoms with E-state index in [1.807, 2.05) is 0 Å². The lowest BCUT2D eigenvalue weighted by molar-refractivity contribution is -0.133. The molecule has 1 aliphatic heterocycles. The van der Waals surface area contributed by atoms with Crippen LogP contribution in [-0.2, 0) is 4.79 Å². The SMILES string of the molecule is CCCNC1CCN(C(=O)CC2CCCCC2)CC1. The van der Waals surface area contributed by atoms with Gasteiger partial charge in [-0.15, -0.1) is 0 Å². The fourth-order valence-electron chi connectivity index (χ4n) is 3.45. The molecule has 110 valence electrons. The zero-order valence-electron chi connectivity index (χ0n) is 12.5. The largest absolute Gasteiger partial charge is 0.343 e. The molecule has 0 aromatic rings. The van der Waals surface area contributed by atoms with Crippen LogP contribution in [0.2, 0.25) is 0 Å². The van der Waals surface area contributed by atoms with Gasteiger partial charge >= 0.3 is 0 Å². The van der Waals surface area contributed by atoms with Gasteiger partial charge in [-0.2, -0.15) is 0 Å². The van der Waals surface area contributed by atoms with Gasteiger partial charge in [0, 0.05) is 25.6 Å². The zero-order chi connectivity index (χ0) is 13.5. The predicted molar refractivity (Wildman–Crippen MR) is 79.1 cm³/mol. The van der Waals surface area contributed by atoms with Gasteiger partial charge in [0.2, 0.25) is 5.91 Å². The summed E-state index contributed by atoms with van der Waals surface area (Å²) < 4.78 is 0. The molecule has 2 fully saturated rings. The van der Waals surface area contributed by atoms with E-state index in [4.69, 9.17) is 0 Å². The molecule has 1 aliphatic carbocycles. The minimum Gasteiger partial charge on any atom is -0.343 e. The molecule has 1 saturated carbocycles. The second kappa shape index (κ2) is 7.88. The Labute approximate surface area is 118 Å². The lowest BCUT2D eigenvalue weighted by Crippen LogP contribution is -2.45. The van der Waals surface area contributed by atoms with Gasteiger partial charge in [0.05, 0.1) is 0 Å². The molecule has 2 aliphatic rings. The quantitative estimate of drug-likeness (QED) is 0.830. The topological polar surface area (TPSA) is 32.3 Å².